The van der Waals surface area contributed by atoms with Gasteiger partial charge in [-0.2, -0.15) is 0 Å². The van der Waals surface area contributed by atoms with Crippen molar-refractivity contribution in [3.63, 3.8) is 0 Å². The van der Waals surface area contributed by atoms with Crippen molar-refractivity contribution in [1.82, 2.24) is 4.98 Å². The fourth-order valence-corrected chi connectivity index (χ4v) is 3.25. The Kier molecular flexibility index (Phi) is 4.64. The number of nitrogens with two attached hydrogens (primary N) is 1. The molecule has 0 aliphatic rings. The van der Waals surface area contributed by atoms with Crippen molar-refractivity contribution >= 4 is 33.1 Å². The number of thiazole rings is 1. The fraction of sp³-hybridized carbons (Fsp3) is 0.500. The van der Waals surface area contributed by atoms with E-state index in [0.29, 0.717) is 6.54 Å². The molecule has 4 nitrogen and oxygen atoms in total. The molecule has 0 radical (unpaired) electrons. The summed E-state index contributed by atoms with van der Waals surface area (Å²) in [5.74, 6) is -0.170. The molecule has 1 unspecified atom stereocenters. The number of anilines is 1. The molecule has 0 aliphatic carbocycles. The number of nitrogens with zero attached hydrogens (tertiary/aromatic N) is 1. The van der Waals surface area contributed by atoms with Crippen LogP contribution in [0.2, 0.25) is 0 Å². The minimum atomic E-state index is -0.163. The predicted octanol–water partition coefficient (Wildman–Crippen LogP) is 3.55. The highest BCUT2D eigenvalue weighted by Crippen LogP contribution is 2.27. The maximum atomic E-state index is 12.4. The third kappa shape index (κ3) is 4.25. The lowest BCUT2D eigenvalue weighted by Crippen LogP contribution is -2.32. The van der Waals surface area contributed by atoms with E-state index in [-0.39, 0.29) is 17.2 Å². The van der Waals surface area contributed by atoms with Gasteiger partial charge >= 0.3 is 0 Å². The van der Waals surface area contributed by atoms with Gasteiger partial charge in [0.05, 0.1) is 21.1 Å². The van der Waals surface area contributed by atoms with Crippen LogP contribution in [0.3, 0.4) is 0 Å². The summed E-state index contributed by atoms with van der Waals surface area (Å²) in [5.41, 5.74) is 7.62. The van der Waals surface area contributed by atoms with E-state index >= 15 is 0 Å². The van der Waals surface area contributed by atoms with E-state index < -0.39 is 0 Å². The lowest BCUT2D eigenvalue weighted by molar-refractivity contribution is -0.120. The molecule has 1 heterocycles. The van der Waals surface area contributed by atoms with Gasteiger partial charge in [0.1, 0.15) is 0 Å². The van der Waals surface area contributed by atoms with Gasteiger partial charge in [0.2, 0.25) is 5.91 Å². The van der Waals surface area contributed by atoms with Gasteiger partial charge in [-0.25, -0.2) is 4.98 Å². The normalized spacial score (nSPS) is 13.4. The number of carbonyl (C=O) groups excluding carboxylic acids is 1. The molecule has 114 valence electrons. The van der Waals surface area contributed by atoms with Crippen LogP contribution in [0.4, 0.5) is 5.69 Å². The fourth-order valence-electron chi connectivity index (χ4n) is 2.38. The summed E-state index contributed by atoms with van der Waals surface area (Å²) in [6, 6.07) is 5.81. The van der Waals surface area contributed by atoms with Crippen LogP contribution < -0.4 is 11.1 Å². The van der Waals surface area contributed by atoms with Crippen molar-refractivity contribution in [1.29, 1.82) is 0 Å². The summed E-state index contributed by atoms with van der Waals surface area (Å²) in [7, 11) is 0. The Balaban J connectivity index is 2.12. The highest BCUT2D eigenvalue weighted by molar-refractivity contribution is 7.18. The van der Waals surface area contributed by atoms with Crippen LogP contribution in [-0.2, 0) is 4.79 Å². The highest BCUT2D eigenvalue weighted by Gasteiger charge is 2.23. The zero-order valence-electron chi connectivity index (χ0n) is 13.1. The SMILES string of the molecule is Cc1nc2ccc(NC(=O)C(CN)CC(C)(C)C)cc2s1. The summed E-state index contributed by atoms with van der Waals surface area (Å²) < 4.78 is 1.09. The van der Waals surface area contributed by atoms with E-state index in [1.165, 1.54) is 0 Å². The van der Waals surface area contributed by atoms with Crippen LogP contribution in [0.25, 0.3) is 10.2 Å². The first kappa shape index (κ1) is 15.9. The molecule has 1 aromatic heterocycles. The first-order valence-electron chi connectivity index (χ1n) is 7.16. The largest absolute Gasteiger partial charge is 0.330 e. The quantitative estimate of drug-likeness (QED) is 0.907. The van der Waals surface area contributed by atoms with Crippen LogP contribution in [0.15, 0.2) is 18.2 Å². The van der Waals surface area contributed by atoms with Gasteiger partial charge in [-0.05, 0) is 37.0 Å². The molecule has 1 amide bonds. The molecule has 0 bridgehead atoms. The first-order chi connectivity index (χ1) is 9.78. The minimum absolute atomic E-state index is 0.00647. The lowest BCUT2D eigenvalue weighted by atomic mass is 9.84. The van der Waals surface area contributed by atoms with E-state index in [0.717, 1.165) is 27.3 Å². The summed E-state index contributed by atoms with van der Waals surface area (Å²) in [6.45, 7) is 8.71. The van der Waals surface area contributed by atoms with Crippen LogP contribution >= 0.6 is 11.3 Å². The predicted molar refractivity (Wildman–Crippen MR) is 89.6 cm³/mol. The summed E-state index contributed by atoms with van der Waals surface area (Å²) in [4.78, 5) is 16.8. The molecule has 0 saturated carbocycles. The number of benzene rings is 1. The number of nitrogens with one attached hydrogen (secondary N) is 1. The number of hydrogen-bond donors (Lipinski definition) is 2. The van der Waals surface area contributed by atoms with E-state index in [1.54, 1.807) is 11.3 Å². The monoisotopic (exact) mass is 305 g/mol. The molecule has 2 aromatic rings. The molecule has 0 spiro atoms. The van der Waals surface area contributed by atoms with E-state index in [9.17, 15) is 4.79 Å². The zero-order valence-corrected chi connectivity index (χ0v) is 13.9. The van der Waals surface area contributed by atoms with E-state index in [1.807, 2.05) is 25.1 Å². The van der Waals surface area contributed by atoms with Gasteiger partial charge in [0.15, 0.2) is 0 Å². The van der Waals surface area contributed by atoms with Gasteiger partial charge in [-0.15, -0.1) is 11.3 Å². The van der Waals surface area contributed by atoms with Gasteiger partial charge in [-0.1, -0.05) is 20.8 Å². The van der Waals surface area contributed by atoms with Gasteiger partial charge < -0.3 is 11.1 Å². The molecule has 1 atom stereocenters. The second kappa shape index (κ2) is 6.12. The van der Waals surface area contributed by atoms with Crippen molar-refractivity contribution in [3.05, 3.63) is 23.2 Å². The smallest absolute Gasteiger partial charge is 0.228 e. The maximum absolute atomic E-state index is 12.4. The first-order valence-corrected chi connectivity index (χ1v) is 7.98. The topological polar surface area (TPSA) is 68.0 Å². The Labute approximate surface area is 129 Å². The van der Waals surface area contributed by atoms with E-state index in [2.05, 4.69) is 31.1 Å². The van der Waals surface area contributed by atoms with Crippen LogP contribution in [0.1, 0.15) is 32.2 Å². The second-order valence-electron chi connectivity index (χ2n) is 6.60. The van der Waals surface area contributed by atoms with Crippen molar-refractivity contribution in [3.8, 4) is 0 Å². The van der Waals surface area contributed by atoms with Crippen molar-refractivity contribution in [2.24, 2.45) is 17.1 Å². The molecule has 1 aromatic carbocycles. The summed E-state index contributed by atoms with van der Waals surface area (Å²) >= 11 is 1.63. The van der Waals surface area contributed by atoms with Gasteiger partial charge in [0.25, 0.3) is 0 Å². The summed E-state index contributed by atoms with van der Waals surface area (Å²) in [6.07, 6.45) is 0.775. The third-order valence-electron chi connectivity index (χ3n) is 3.28. The molecule has 0 saturated heterocycles. The molecule has 5 heteroatoms. The molecule has 2 rings (SSSR count). The van der Waals surface area contributed by atoms with Crippen LogP contribution in [-0.4, -0.2) is 17.4 Å². The molecular formula is C16H23N3OS. The van der Waals surface area contributed by atoms with Crippen molar-refractivity contribution in [2.75, 3.05) is 11.9 Å². The van der Waals surface area contributed by atoms with E-state index in [4.69, 9.17) is 5.73 Å². The number of fused-ring (bicyclic) bond motifs is 1. The number of amides is 1. The Hall–Kier alpha value is -1.46. The number of hydrogen-bond acceptors (Lipinski definition) is 4. The standard InChI is InChI=1S/C16H23N3OS/c1-10-18-13-6-5-12(7-14(13)21-10)19-15(20)11(9-17)8-16(2,3)4/h5-7,11H,8-9,17H2,1-4H3,(H,19,20). The average Bonchev–Trinajstić information content (AvgIpc) is 2.74. The lowest BCUT2D eigenvalue weighted by Gasteiger charge is -2.24. The molecular weight excluding hydrogens is 282 g/mol. The number of aryl methyl sites for hydroxylation is 1. The molecule has 0 fully saturated rings. The maximum Gasteiger partial charge on any atom is 0.228 e. The number of aromatic nitrogens is 1. The molecule has 21 heavy (non-hydrogen) atoms. The highest BCUT2D eigenvalue weighted by atomic mass is 32.1. The zero-order chi connectivity index (χ0) is 15.6. The Morgan fingerprint density at radius 1 is 1.43 bits per heavy atom. The third-order valence-corrected chi connectivity index (χ3v) is 4.21. The molecule has 0 aliphatic heterocycles. The van der Waals surface area contributed by atoms with Crippen LogP contribution in [0.5, 0.6) is 0 Å². The minimum Gasteiger partial charge on any atom is -0.330 e. The van der Waals surface area contributed by atoms with Crippen LogP contribution in [0, 0.1) is 18.3 Å². The second-order valence-corrected chi connectivity index (χ2v) is 7.84. The van der Waals surface area contributed by atoms with Crippen molar-refractivity contribution in [2.45, 2.75) is 34.1 Å². The Bertz CT molecular complexity index is 642. The Morgan fingerprint density at radius 2 is 2.14 bits per heavy atom. The van der Waals surface area contributed by atoms with Crippen molar-refractivity contribution < 1.29 is 4.79 Å². The Morgan fingerprint density at radius 3 is 2.76 bits per heavy atom. The number of rotatable bonds is 4. The average molecular weight is 305 g/mol. The summed E-state index contributed by atoms with van der Waals surface area (Å²) in [5, 5.41) is 4.01. The van der Waals surface area contributed by atoms with Gasteiger partial charge in [-0.3, -0.25) is 4.79 Å². The molecule has 3 N–H and O–H groups in total. The number of carbonyl (C=O) groups is 1. The van der Waals surface area contributed by atoms with Gasteiger partial charge in [0, 0.05) is 12.2 Å².